The fourth-order valence-electron chi connectivity index (χ4n) is 2.95. The minimum Gasteiger partial charge on any atom is -0.493 e. The predicted molar refractivity (Wildman–Crippen MR) is 129 cm³/mol. The predicted octanol–water partition coefficient (Wildman–Crippen LogP) is 4.63. The van der Waals surface area contributed by atoms with Gasteiger partial charge in [-0.25, -0.2) is 5.43 Å². The highest BCUT2D eigenvalue weighted by molar-refractivity contribution is 6.40. The third-order valence-electron chi connectivity index (χ3n) is 4.93. The Labute approximate surface area is 197 Å². The number of carbonyl (C=O) groups is 2. The van der Waals surface area contributed by atoms with E-state index in [0.29, 0.717) is 39.9 Å². The number of hydrazone groups is 1. The maximum atomic E-state index is 12.1. The third-order valence-corrected chi connectivity index (χ3v) is 5.34. The smallest absolute Gasteiger partial charge is 0.329 e. The van der Waals surface area contributed by atoms with Crippen LogP contribution < -0.4 is 20.2 Å². The van der Waals surface area contributed by atoms with E-state index in [0.717, 1.165) is 11.1 Å². The van der Waals surface area contributed by atoms with Gasteiger partial charge in [0.1, 0.15) is 6.61 Å². The van der Waals surface area contributed by atoms with Crippen LogP contribution in [0, 0.1) is 13.8 Å². The van der Waals surface area contributed by atoms with Gasteiger partial charge in [0.15, 0.2) is 11.5 Å². The number of ether oxygens (including phenoxy) is 2. The van der Waals surface area contributed by atoms with E-state index in [-0.39, 0.29) is 0 Å². The monoisotopic (exact) mass is 465 g/mol. The van der Waals surface area contributed by atoms with Crippen LogP contribution in [-0.4, -0.2) is 25.1 Å². The summed E-state index contributed by atoms with van der Waals surface area (Å²) < 4.78 is 11.3. The van der Waals surface area contributed by atoms with E-state index >= 15 is 0 Å². The molecule has 0 fully saturated rings. The van der Waals surface area contributed by atoms with Crippen molar-refractivity contribution in [3.05, 3.63) is 87.9 Å². The lowest BCUT2D eigenvalue weighted by Gasteiger charge is -2.12. The summed E-state index contributed by atoms with van der Waals surface area (Å²) in [4.78, 5) is 24.1. The molecule has 3 aromatic carbocycles. The van der Waals surface area contributed by atoms with E-state index in [2.05, 4.69) is 15.8 Å². The van der Waals surface area contributed by atoms with Gasteiger partial charge in [-0.2, -0.15) is 5.10 Å². The Morgan fingerprint density at radius 3 is 2.55 bits per heavy atom. The van der Waals surface area contributed by atoms with Crippen molar-refractivity contribution in [2.75, 3.05) is 12.4 Å². The third kappa shape index (κ3) is 6.33. The standard InChI is InChI=1S/C25H24ClN3O4/c1-16-7-4-5-8-19(16)15-33-22-12-11-18(13-23(22)32-3)14-27-29-25(31)24(30)28-21-10-6-9-20(26)17(21)2/h4-14H,15H2,1-3H3,(H,28,30)(H,29,31). The maximum Gasteiger partial charge on any atom is 0.329 e. The number of nitrogens with one attached hydrogen (secondary N) is 2. The Hall–Kier alpha value is -3.84. The highest BCUT2D eigenvalue weighted by Gasteiger charge is 2.14. The summed E-state index contributed by atoms with van der Waals surface area (Å²) in [6.07, 6.45) is 1.41. The molecule has 8 heteroatoms. The van der Waals surface area contributed by atoms with Crippen LogP contribution >= 0.6 is 11.6 Å². The quantitative estimate of drug-likeness (QED) is 0.302. The fraction of sp³-hybridized carbons (Fsp3) is 0.160. The first kappa shape index (κ1) is 23.8. The first-order valence-corrected chi connectivity index (χ1v) is 10.5. The van der Waals surface area contributed by atoms with Crippen molar-refractivity contribution in [1.82, 2.24) is 5.43 Å². The van der Waals surface area contributed by atoms with Crippen molar-refractivity contribution in [2.24, 2.45) is 5.10 Å². The molecule has 0 radical (unpaired) electrons. The molecular formula is C25H24ClN3O4. The van der Waals surface area contributed by atoms with E-state index in [4.69, 9.17) is 21.1 Å². The molecule has 0 heterocycles. The van der Waals surface area contributed by atoms with Crippen molar-refractivity contribution in [2.45, 2.75) is 20.5 Å². The minimum atomic E-state index is -0.907. The van der Waals surface area contributed by atoms with Crippen LogP contribution in [0.25, 0.3) is 0 Å². The van der Waals surface area contributed by atoms with Gasteiger partial charge in [-0.1, -0.05) is 41.9 Å². The van der Waals surface area contributed by atoms with Crippen LogP contribution in [0.15, 0.2) is 65.8 Å². The molecule has 0 aromatic heterocycles. The molecule has 0 unspecified atom stereocenters. The average molecular weight is 466 g/mol. The Morgan fingerprint density at radius 2 is 1.79 bits per heavy atom. The number of amides is 2. The Bertz CT molecular complexity index is 1190. The second kappa shape index (κ2) is 11.2. The van der Waals surface area contributed by atoms with E-state index < -0.39 is 11.8 Å². The van der Waals surface area contributed by atoms with Crippen molar-refractivity contribution in [3.8, 4) is 11.5 Å². The normalized spacial score (nSPS) is 10.7. The highest BCUT2D eigenvalue weighted by atomic mass is 35.5. The van der Waals surface area contributed by atoms with Crippen molar-refractivity contribution >= 4 is 35.3 Å². The number of anilines is 1. The molecule has 0 aliphatic carbocycles. The van der Waals surface area contributed by atoms with Crippen molar-refractivity contribution in [1.29, 1.82) is 0 Å². The summed E-state index contributed by atoms with van der Waals surface area (Å²) >= 11 is 6.03. The van der Waals surface area contributed by atoms with Gasteiger partial charge < -0.3 is 14.8 Å². The van der Waals surface area contributed by atoms with Crippen LogP contribution in [0.1, 0.15) is 22.3 Å². The molecule has 0 saturated heterocycles. The van der Waals surface area contributed by atoms with Gasteiger partial charge in [0.05, 0.1) is 13.3 Å². The number of hydrogen-bond acceptors (Lipinski definition) is 5. The fourth-order valence-corrected chi connectivity index (χ4v) is 3.12. The van der Waals surface area contributed by atoms with Crippen LogP contribution in [0.3, 0.4) is 0 Å². The molecule has 2 N–H and O–H groups in total. The SMILES string of the molecule is COc1cc(C=NNC(=O)C(=O)Nc2cccc(Cl)c2C)ccc1OCc1ccccc1C. The molecule has 0 aliphatic heterocycles. The second-order valence-corrected chi connectivity index (χ2v) is 7.60. The summed E-state index contributed by atoms with van der Waals surface area (Å²) in [7, 11) is 1.54. The molecule has 7 nitrogen and oxygen atoms in total. The van der Waals surface area contributed by atoms with E-state index in [1.807, 2.05) is 31.2 Å². The number of aryl methyl sites for hydroxylation is 1. The van der Waals surface area contributed by atoms with E-state index in [1.54, 1.807) is 50.4 Å². The second-order valence-electron chi connectivity index (χ2n) is 7.19. The topological polar surface area (TPSA) is 89.0 Å². The molecule has 33 heavy (non-hydrogen) atoms. The molecular weight excluding hydrogens is 442 g/mol. The molecule has 2 amide bonds. The number of benzene rings is 3. The molecule has 170 valence electrons. The van der Waals surface area contributed by atoms with Gasteiger partial charge in [-0.15, -0.1) is 0 Å². The summed E-state index contributed by atoms with van der Waals surface area (Å²) in [5, 5.41) is 6.85. The van der Waals surface area contributed by atoms with Crippen LogP contribution in [0.4, 0.5) is 5.69 Å². The summed E-state index contributed by atoms with van der Waals surface area (Å²) in [5.41, 5.74) is 6.21. The lowest BCUT2D eigenvalue weighted by Crippen LogP contribution is -2.32. The zero-order chi connectivity index (χ0) is 23.8. The first-order valence-electron chi connectivity index (χ1n) is 10.1. The van der Waals surface area contributed by atoms with Gasteiger partial charge in [-0.05, 0) is 66.4 Å². The van der Waals surface area contributed by atoms with Crippen LogP contribution in [-0.2, 0) is 16.2 Å². The van der Waals surface area contributed by atoms with E-state index in [1.165, 1.54) is 6.21 Å². The lowest BCUT2D eigenvalue weighted by atomic mass is 10.1. The molecule has 0 atom stereocenters. The Morgan fingerprint density at radius 1 is 1.00 bits per heavy atom. The van der Waals surface area contributed by atoms with Gasteiger partial charge in [0.2, 0.25) is 0 Å². The number of nitrogens with zero attached hydrogens (tertiary/aromatic N) is 1. The van der Waals surface area contributed by atoms with Crippen LogP contribution in [0.2, 0.25) is 5.02 Å². The zero-order valence-corrected chi connectivity index (χ0v) is 19.3. The lowest BCUT2D eigenvalue weighted by molar-refractivity contribution is -0.136. The van der Waals surface area contributed by atoms with Gasteiger partial charge >= 0.3 is 11.8 Å². The summed E-state index contributed by atoms with van der Waals surface area (Å²) in [5.74, 6) is -0.655. The summed E-state index contributed by atoms with van der Waals surface area (Å²) in [6, 6.07) is 18.3. The number of carbonyl (C=O) groups excluding carboxylic acids is 2. The number of hydrogen-bond donors (Lipinski definition) is 2. The van der Waals surface area contributed by atoms with Gasteiger partial charge in [0, 0.05) is 10.7 Å². The highest BCUT2D eigenvalue weighted by Crippen LogP contribution is 2.28. The van der Waals surface area contributed by atoms with Crippen molar-refractivity contribution < 1.29 is 19.1 Å². The molecule has 0 bridgehead atoms. The molecule has 3 rings (SSSR count). The average Bonchev–Trinajstić information content (AvgIpc) is 2.81. The number of halogens is 1. The van der Waals surface area contributed by atoms with E-state index in [9.17, 15) is 9.59 Å². The molecule has 0 spiro atoms. The minimum absolute atomic E-state index is 0.410. The Kier molecular flexibility index (Phi) is 8.05. The Balaban J connectivity index is 1.59. The van der Waals surface area contributed by atoms with Crippen LogP contribution in [0.5, 0.6) is 11.5 Å². The first-order chi connectivity index (χ1) is 15.9. The number of methoxy groups -OCH3 is 1. The van der Waals surface area contributed by atoms with Gasteiger partial charge in [-0.3, -0.25) is 9.59 Å². The summed E-state index contributed by atoms with van der Waals surface area (Å²) in [6.45, 7) is 4.18. The maximum absolute atomic E-state index is 12.1. The number of rotatable bonds is 7. The largest absolute Gasteiger partial charge is 0.493 e. The van der Waals surface area contributed by atoms with Gasteiger partial charge in [0.25, 0.3) is 0 Å². The zero-order valence-electron chi connectivity index (χ0n) is 18.5. The van der Waals surface area contributed by atoms with Crippen molar-refractivity contribution in [3.63, 3.8) is 0 Å². The molecule has 0 saturated carbocycles. The molecule has 3 aromatic rings. The molecule has 0 aliphatic rings.